The Labute approximate surface area is 89.5 Å². The molecule has 0 aliphatic heterocycles. The lowest BCUT2D eigenvalue weighted by atomic mass is 10.1. The molecule has 2 rings (SSSR count). The first kappa shape index (κ1) is 9.58. The first-order valence-corrected chi connectivity index (χ1v) is 5.14. The maximum atomic E-state index is 5.92. The van der Waals surface area contributed by atoms with Crippen LogP contribution in [0.5, 0.6) is 0 Å². The lowest BCUT2D eigenvalue weighted by Gasteiger charge is -2.11. The molecule has 14 heavy (non-hydrogen) atoms. The molecule has 2 heteroatoms. The van der Waals surface area contributed by atoms with Gasteiger partial charge in [0.15, 0.2) is 0 Å². The van der Waals surface area contributed by atoms with Crippen LogP contribution in [-0.2, 0) is 6.42 Å². The highest BCUT2D eigenvalue weighted by Gasteiger charge is 2.21. The van der Waals surface area contributed by atoms with Crippen LogP contribution in [0.15, 0.2) is 18.2 Å². The van der Waals surface area contributed by atoms with Gasteiger partial charge >= 0.3 is 0 Å². The SMILES string of the molecule is C#CCNC1CCc2cc(Cl)ccc21. The van der Waals surface area contributed by atoms with Gasteiger partial charge in [-0.15, -0.1) is 6.42 Å². The molecule has 0 fully saturated rings. The highest BCUT2D eigenvalue weighted by atomic mass is 35.5. The Morgan fingerprint density at radius 1 is 1.57 bits per heavy atom. The van der Waals surface area contributed by atoms with Crippen LogP contribution in [0, 0.1) is 12.3 Å². The van der Waals surface area contributed by atoms with Gasteiger partial charge < -0.3 is 0 Å². The fourth-order valence-electron chi connectivity index (χ4n) is 1.98. The summed E-state index contributed by atoms with van der Waals surface area (Å²) < 4.78 is 0. The van der Waals surface area contributed by atoms with Gasteiger partial charge in [0, 0.05) is 11.1 Å². The van der Waals surface area contributed by atoms with E-state index >= 15 is 0 Å². The highest BCUT2D eigenvalue weighted by molar-refractivity contribution is 6.30. The second-order valence-electron chi connectivity index (χ2n) is 3.52. The van der Waals surface area contributed by atoms with Gasteiger partial charge in [0.2, 0.25) is 0 Å². The highest BCUT2D eigenvalue weighted by Crippen LogP contribution is 2.32. The van der Waals surface area contributed by atoms with Gasteiger partial charge in [0.1, 0.15) is 0 Å². The lowest BCUT2D eigenvalue weighted by Crippen LogP contribution is -2.19. The number of halogens is 1. The molecule has 0 spiro atoms. The van der Waals surface area contributed by atoms with Crippen LogP contribution in [0.1, 0.15) is 23.6 Å². The van der Waals surface area contributed by atoms with E-state index in [1.807, 2.05) is 6.07 Å². The molecular formula is C12H12ClN. The van der Waals surface area contributed by atoms with Crippen molar-refractivity contribution < 1.29 is 0 Å². The average Bonchev–Trinajstić information content (AvgIpc) is 2.57. The molecule has 1 atom stereocenters. The maximum Gasteiger partial charge on any atom is 0.0578 e. The van der Waals surface area contributed by atoms with Gasteiger partial charge in [-0.25, -0.2) is 0 Å². The minimum atomic E-state index is 0.415. The van der Waals surface area contributed by atoms with Gasteiger partial charge in [0.05, 0.1) is 6.54 Å². The molecule has 1 aliphatic rings. The zero-order valence-electron chi connectivity index (χ0n) is 7.89. The van der Waals surface area contributed by atoms with Crippen LogP contribution in [0.25, 0.3) is 0 Å². The Hall–Kier alpha value is -0.970. The molecule has 0 saturated carbocycles. The predicted octanol–water partition coefficient (Wildman–Crippen LogP) is 2.55. The summed E-state index contributed by atoms with van der Waals surface area (Å²) in [5.74, 6) is 2.60. The summed E-state index contributed by atoms with van der Waals surface area (Å²) in [5, 5.41) is 4.15. The first-order chi connectivity index (χ1) is 6.81. The van der Waals surface area contributed by atoms with E-state index in [0.717, 1.165) is 17.9 Å². The van der Waals surface area contributed by atoms with Gasteiger partial charge in [-0.05, 0) is 36.1 Å². The van der Waals surface area contributed by atoms with Crippen molar-refractivity contribution in [3.63, 3.8) is 0 Å². The van der Waals surface area contributed by atoms with Crippen LogP contribution in [0.4, 0.5) is 0 Å². The number of benzene rings is 1. The molecule has 1 aromatic rings. The monoisotopic (exact) mass is 205 g/mol. The number of nitrogens with one attached hydrogen (secondary N) is 1. The van der Waals surface area contributed by atoms with E-state index in [2.05, 4.69) is 23.4 Å². The summed E-state index contributed by atoms with van der Waals surface area (Å²) in [6.07, 6.45) is 7.43. The normalized spacial score (nSPS) is 19.0. The van der Waals surface area contributed by atoms with Crippen LogP contribution in [-0.4, -0.2) is 6.54 Å². The van der Waals surface area contributed by atoms with E-state index in [4.69, 9.17) is 18.0 Å². The average molecular weight is 206 g/mol. The van der Waals surface area contributed by atoms with Crippen molar-refractivity contribution in [1.82, 2.24) is 5.32 Å². The summed E-state index contributed by atoms with van der Waals surface area (Å²) in [5.41, 5.74) is 2.71. The van der Waals surface area contributed by atoms with Crippen LogP contribution < -0.4 is 5.32 Å². The number of rotatable bonds is 2. The third-order valence-electron chi connectivity index (χ3n) is 2.63. The molecule has 0 heterocycles. The number of fused-ring (bicyclic) bond motifs is 1. The minimum Gasteiger partial charge on any atom is -0.299 e. The van der Waals surface area contributed by atoms with Gasteiger partial charge in [-0.1, -0.05) is 23.6 Å². The Kier molecular flexibility index (Phi) is 2.77. The maximum absolute atomic E-state index is 5.92. The number of terminal acetylenes is 1. The first-order valence-electron chi connectivity index (χ1n) is 4.76. The second kappa shape index (κ2) is 4.04. The van der Waals surface area contributed by atoms with Crippen molar-refractivity contribution in [1.29, 1.82) is 0 Å². The van der Waals surface area contributed by atoms with Crippen molar-refractivity contribution in [2.45, 2.75) is 18.9 Å². The van der Waals surface area contributed by atoms with E-state index in [1.54, 1.807) is 0 Å². The predicted molar refractivity (Wildman–Crippen MR) is 59.3 cm³/mol. The smallest absolute Gasteiger partial charge is 0.0578 e. The summed E-state index contributed by atoms with van der Waals surface area (Å²) in [7, 11) is 0. The fraction of sp³-hybridized carbons (Fsp3) is 0.333. The molecule has 72 valence electrons. The number of hydrogen-bond acceptors (Lipinski definition) is 1. The fourth-order valence-corrected chi connectivity index (χ4v) is 2.17. The molecule has 1 nitrogen and oxygen atoms in total. The van der Waals surface area contributed by atoms with Crippen molar-refractivity contribution >= 4 is 11.6 Å². The third-order valence-corrected chi connectivity index (χ3v) is 2.87. The molecule has 1 aliphatic carbocycles. The standard InChI is InChI=1S/C12H12ClN/c1-2-7-14-12-6-3-9-8-10(13)4-5-11(9)12/h1,4-5,8,12,14H,3,6-7H2. The van der Waals surface area contributed by atoms with Crippen LogP contribution in [0.3, 0.4) is 0 Å². The van der Waals surface area contributed by atoms with E-state index in [-0.39, 0.29) is 0 Å². The topological polar surface area (TPSA) is 12.0 Å². The lowest BCUT2D eigenvalue weighted by molar-refractivity contribution is 0.568. The molecule has 1 unspecified atom stereocenters. The van der Waals surface area contributed by atoms with E-state index < -0.39 is 0 Å². The molecule has 0 radical (unpaired) electrons. The van der Waals surface area contributed by atoms with Crippen molar-refractivity contribution in [2.75, 3.05) is 6.54 Å². The van der Waals surface area contributed by atoms with Crippen molar-refractivity contribution in [2.24, 2.45) is 0 Å². The minimum absolute atomic E-state index is 0.415. The van der Waals surface area contributed by atoms with Crippen molar-refractivity contribution in [3.05, 3.63) is 34.3 Å². The zero-order valence-corrected chi connectivity index (χ0v) is 8.64. The number of hydrogen-bond donors (Lipinski definition) is 1. The largest absolute Gasteiger partial charge is 0.299 e. The van der Waals surface area contributed by atoms with Gasteiger partial charge in [-0.2, -0.15) is 0 Å². The summed E-state index contributed by atoms with van der Waals surface area (Å²) in [4.78, 5) is 0. The summed E-state index contributed by atoms with van der Waals surface area (Å²) in [6.45, 7) is 0.632. The van der Waals surface area contributed by atoms with Gasteiger partial charge in [0.25, 0.3) is 0 Å². The van der Waals surface area contributed by atoms with Gasteiger partial charge in [-0.3, -0.25) is 5.32 Å². The van der Waals surface area contributed by atoms with Crippen LogP contribution in [0.2, 0.25) is 5.02 Å². The molecule has 0 bridgehead atoms. The summed E-state index contributed by atoms with van der Waals surface area (Å²) >= 11 is 5.92. The summed E-state index contributed by atoms with van der Waals surface area (Å²) in [6, 6.07) is 6.50. The van der Waals surface area contributed by atoms with Crippen molar-refractivity contribution in [3.8, 4) is 12.3 Å². The van der Waals surface area contributed by atoms with E-state index in [9.17, 15) is 0 Å². The third kappa shape index (κ3) is 1.77. The Balaban J connectivity index is 2.19. The Bertz CT molecular complexity index is 378. The number of aryl methyl sites for hydroxylation is 1. The molecular weight excluding hydrogens is 194 g/mol. The quantitative estimate of drug-likeness (QED) is 0.732. The molecule has 0 saturated heterocycles. The molecule has 0 aromatic heterocycles. The van der Waals surface area contributed by atoms with Crippen LogP contribution >= 0.6 is 11.6 Å². The van der Waals surface area contributed by atoms with E-state index in [1.165, 1.54) is 11.1 Å². The molecule has 1 N–H and O–H groups in total. The Morgan fingerprint density at radius 2 is 2.43 bits per heavy atom. The zero-order chi connectivity index (χ0) is 9.97. The van der Waals surface area contributed by atoms with E-state index in [0.29, 0.717) is 12.6 Å². The Morgan fingerprint density at radius 3 is 3.21 bits per heavy atom. The molecule has 0 amide bonds. The molecule has 1 aromatic carbocycles. The second-order valence-corrected chi connectivity index (χ2v) is 3.96.